The Kier molecular flexibility index (Phi) is 3.09. The zero-order valence-corrected chi connectivity index (χ0v) is 8.13. The van der Waals surface area contributed by atoms with Gasteiger partial charge in [-0.2, -0.15) is 0 Å². The molecular weight excluding hydrogens is 152 g/mol. The number of hydrogen-bond donors (Lipinski definition) is 1. The van der Waals surface area contributed by atoms with Crippen LogP contribution in [0.2, 0.25) is 0 Å². The van der Waals surface area contributed by atoms with E-state index in [1.807, 2.05) is 25.9 Å². The summed E-state index contributed by atoms with van der Waals surface area (Å²) in [6.45, 7) is 2.74. The van der Waals surface area contributed by atoms with Gasteiger partial charge in [-0.1, -0.05) is 6.92 Å². The Balaban J connectivity index is 2.33. The number of carbonyl (C=O) groups excluding carboxylic acids is 1. The molecular formula is C9H18N2O. The highest BCUT2D eigenvalue weighted by Crippen LogP contribution is 2.26. The van der Waals surface area contributed by atoms with Crippen LogP contribution < -0.4 is 5.32 Å². The van der Waals surface area contributed by atoms with Crippen molar-refractivity contribution in [2.75, 3.05) is 20.6 Å². The second-order valence-corrected chi connectivity index (χ2v) is 3.64. The van der Waals surface area contributed by atoms with E-state index in [1.165, 1.54) is 12.8 Å². The molecule has 0 saturated heterocycles. The van der Waals surface area contributed by atoms with E-state index < -0.39 is 0 Å². The highest BCUT2D eigenvalue weighted by molar-refractivity contribution is 5.79. The zero-order chi connectivity index (χ0) is 9.14. The van der Waals surface area contributed by atoms with Crippen LogP contribution in [0.5, 0.6) is 0 Å². The van der Waals surface area contributed by atoms with Crippen molar-refractivity contribution < 1.29 is 4.79 Å². The summed E-state index contributed by atoms with van der Waals surface area (Å²) >= 11 is 0. The summed E-state index contributed by atoms with van der Waals surface area (Å²) < 4.78 is 0. The lowest BCUT2D eigenvalue weighted by Crippen LogP contribution is -2.37. The van der Waals surface area contributed by atoms with Gasteiger partial charge in [0.1, 0.15) is 0 Å². The van der Waals surface area contributed by atoms with E-state index in [-0.39, 0.29) is 11.8 Å². The first-order chi connectivity index (χ1) is 5.66. The van der Waals surface area contributed by atoms with Crippen molar-refractivity contribution in [3.63, 3.8) is 0 Å². The van der Waals surface area contributed by atoms with Gasteiger partial charge in [0, 0.05) is 25.6 Å². The van der Waals surface area contributed by atoms with Crippen LogP contribution in [0, 0.1) is 5.92 Å². The summed E-state index contributed by atoms with van der Waals surface area (Å²) in [5, 5.41) is 3.02. The Morgan fingerprint density at radius 3 is 2.67 bits per heavy atom. The summed E-state index contributed by atoms with van der Waals surface area (Å²) in [6.07, 6.45) is 2.38. The first-order valence-electron chi connectivity index (χ1n) is 4.58. The van der Waals surface area contributed by atoms with Gasteiger partial charge < -0.3 is 10.2 Å². The minimum absolute atomic E-state index is 0.112. The van der Waals surface area contributed by atoms with E-state index in [0.717, 1.165) is 6.54 Å². The fraction of sp³-hybridized carbons (Fsp3) is 0.889. The van der Waals surface area contributed by atoms with Gasteiger partial charge >= 0.3 is 0 Å². The van der Waals surface area contributed by atoms with E-state index in [2.05, 4.69) is 5.32 Å². The molecule has 1 aliphatic carbocycles. The maximum Gasteiger partial charge on any atom is 0.226 e. The first-order valence-corrected chi connectivity index (χ1v) is 4.58. The zero-order valence-electron chi connectivity index (χ0n) is 8.13. The fourth-order valence-electron chi connectivity index (χ4n) is 1.38. The van der Waals surface area contributed by atoms with Gasteiger partial charge in [0.2, 0.25) is 5.91 Å². The van der Waals surface area contributed by atoms with E-state index in [0.29, 0.717) is 6.04 Å². The predicted octanol–water partition coefficient (Wildman–Crippen LogP) is 0.463. The van der Waals surface area contributed by atoms with Crippen LogP contribution in [0.4, 0.5) is 0 Å². The quantitative estimate of drug-likeness (QED) is 0.665. The Morgan fingerprint density at radius 1 is 1.67 bits per heavy atom. The average Bonchev–Trinajstić information content (AvgIpc) is 2.84. The molecule has 1 saturated carbocycles. The summed E-state index contributed by atoms with van der Waals surface area (Å²) in [5.74, 6) is 0.382. The summed E-state index contributed by atoms with van der Waals surface area (Å²) in [4.78, 5) is 13.5. The Hall–Kier alpha value is -0.570. The van der Waals surface area contributed by atoms with E-state index in [9.17, 15) is 4.79 Å². The molecule has 0 spiro atoms. The molecule has 0 radical (unpaired) electrons. The van der Waals surface area contributed by atoms with Crippen molar-refractivity contribution >= 4 is 5.91 Å². The third kappa shape index (κ3) is 2.21. The van der Waals surface area contributed by atoms with Crippen LogP contribution in [-0.4, -0.2) is 37.5 Å². The van der Waals surface area contributed by atoms with Gasteiger partial charge in [-0.15, -0.1) is 0 Å². The number of nitrogens with one attached hydrogen (secondary N) is 1. The smallest absolute Gasteiger partial charge is 0.226 e. The standard InChI is InChI=1S/C9H18N2O/c1-7(6-10-2)9(12)11(3)8-4-5-8/h7-8,10H,4-6H2,1-3H3. The highest BCUT2D eigenvalue weighted by atomic mass is 16.2. The Morgan fingerprint density at radius 2 is 2.25 bits per heavy atom. The van der Waals surface area contributed by atoms with E-state index in [4.69, 9.17) is 0 Å². The number of carbonyl (C=O) groups is 1. The number of nitrogens with zero attached hydrogens (tertiary/aromatic N) is 1. The third-order valence-corrected chi connectivity index (χ3v) is 2.37. The lowest BCUT2D eigenvalue weighted by Gasteiger charge is -2.20. The van der Waals surface area contributed by atoms with E-state index in [1.54, 1.807) is 0 Å². The average molecular weight is 170 g/mol. The molecule has 0 aromatic heterocycles. The maximum atomic E-state index is 11.6. The molecule has 1 atom stereocenters. The van der Waals surface area contributed by atoms with Crippen molar-refractivity contribution in [1.82, 2.24) is 10.2 Å². The van der Waals surface area contributed by atoms with Crippen molar-refractivity contribution in [2.45, 2.75) is 25.8 Å². The molecule has 1 aliphatic rings. The normalized spacial score (nSPS) is 18.9. The minimum Gasteiger partial charge on any atom is -0.343 e. The molecule has 0 aromatic rings. The maximum absolute atomic E-state index is 11.6. The van der Waals surface area contributed by atoms with Gasteiger partial charge in [-0.3, -0.25) is 4.79 Å². The van der Waals surface area contributed by atoms with Crippen LogP contribution in [0.1, 0.15) is 19.8 Å². The van der Waals surface area contributed by atoms with Gasteiger partial charge in [0.15, 0.2) is 0 Å². The highest BCUT2D eigenvalue weighted by Gasteiger charge is 2.31. The second kappa shape index (κ2) is 3.90. The summed E-state index contributed by atoms with van der Waals surface area (Å²) in [5.41, 5.74) is 0. The van der Waals surface area contributed by atoms with Crippen molar-refractivity contribution in [3.05, 3.63) is 0 Å². The summed E-state index contributed by atoms with van der Waals surface area (Å²) in [6, 6.07) is 0.539. The van der Waals surface area contributed by atoms with Gasteiger partial charge in [0.05, 0.1) is 0 Å². The molecule has 0 aliphatic heterocycles. The first kappa shape index (κ1) is 9.52. The topological polar surface area (TPSA) is 32.3 Å². The summed E-state index contributed by atoms with van der Waals surface area (Å²) in [7, 11) is 3.78. The van der Waals surface area contributed by atoms with Gasteiger partial charge in [-0.25, -0.2) is 0 Å². The number of rotatable bonds is 4. The molecule has 1 unspecified atom stereocenters. The van der Waals surface area contributed by atoms with Gasteiger partial charge in [-0.05, 0) is 19.9 Å². The van der Waals surface area contributed by atoms with Crippen molar-refractivity contribution in [2.24, 2.45) is 5.92 Å². The number of amides is 1. The van der Waals surface area contributed by atoms with E-state index >= 15 is 0 Å². The van der Waals surface area contributed by atoms with Crippen LogP contribution in [0.15, 0.2) is 0 Å². The Bertz CT molecular complexity index is 166. The second-order valence-electron chi connectivity index (χ2n) is 3.64. The van der Waals surface area contributed by atoms with Crippen LogP contribution in [0.25, 0.3) is 0 Å². The largest absolute Gasteiger partial charge is 0.343 e. The predicted molar refractivity (Wildman–Crippen MR) is 48.9 cm³/mol. The third-order valence-electron chi connectivity index (χ3n) is 2.37. The lowest BCUT2D eigenvalue weighted by atomic mass is 10.1. The van der Waals surface area contributed by atoms with Crippen LogP contribution in [0.3, 0.4) is 0 Å². The SMILES string of the molecule is CNCC(C)C(=O)N(C)C1CC1. The minimum atomic E-state index is 0.112. The molecule has 1 rings (SSSR count). The molecule has 70 valence electrons. The molecule has 1 amide bonds. The molecule has 1 N–H and O–H groups in total. The molecule has 0 heterocycles. The Labute approximate surface area is 74.1 Å². The monoisotopic (exact) mass is 170 g/mol. The van der Waals surface area contributed by atoms with Crippen LogP contribution in [-0.2, 0) is 4.79 Å². The number of hydrogen-bond acceptors (Lipinski definition) is 2. The molecule has 0 bridgehead atoms. The molecule has 1 fully saturated rings. The lowest BCUT2D eigenvalue weighted by molar-refractivity contribution is -0.134. The van der Waals surface area contributed by atoms with Crippen LogP contribution >= 0.6 is 0 Å². The fourth-order valence-corrected chi connectivity index (χ4v) is 1.38. The van der Waals surface area contributed by atoms with Gasteiger partial charge in [0.25, 0.3) is 0 Å². The molecule has 3 heteroatoms. The van der Waals surface area contributed by atoms with Crippen molar-refractivity contribution in [3.8, 4) is 0 Å². The molecule has 3 nitrogen and oxygen atoms in total. The molecule has 0 aromatic carbocycles. The molecule has 12 heavy (non-hydrogen) atoms. The van der Waals surface area contributed by atoms with Crippen molar-refractivity contribution in [1.29, 1.82) is 0 Å².